The Kier molecular flexibility index (Phi) is 51.8. The van der Waals surface area contributed by atoms with Gasteiger partial charge in [-0.3, -0.25) is 47.9 Å². The monoisotopic (exact) mass is 1680 g/mol. The number of aliphatic hydroxyl groups excluding tert-OH is 10. The fourth-order valence-electron chi connectivity index (χ4n) is 13.5. The Morgan fingerprint density at radius 1 is 0.368 bits per heavy atom. The van der Waals surface area contributed by atoms with Gasteiger partial charge < -0.3 is 152 Å². The molecule has 16 atom stereocenters. The summed E-state index contributed by atoms with van der Waals surface area (Å²) in [5.41, 5.74) is -1.59. The zero-order valence-electron chi connectivity index (χ0n) is 68.1. The summed E-state index contributed by atoms with van der Waals surface area (Å²) < 4.78 is 51.7. The number of unbranched alkanes of at least 4 members (excludes halogenated alkanes) is 10. The van der Waals surface area contributed by atoms with Crippen LogP contribution < -0.4 is 53.2 Å². The summed E-state index contributed by atoms with van der Waals surface area (Å²) in [5, 5.41) is 128. The number of alkyl carbamates (subject to hydrolysis) is 1. The number of hydrogen-bond acceptors (Lipinski definition) is 30. The van der Waals surface area contributed by atoms with Crippen molar-refractivity contribution in [3.05, 3.63) is 0 Å². The van der Waals surface area contributed by atoms with Gasteiger partial charge in [0.1, 0.15) is 85.2 Å². The van der Waals surface area contributed by atoms with Crippen molar-refractivity contribution < 1.29 is 146 Å². The molecule has 4 aliphatic rings. The number of likely N-dealkylation sites (tertiary alicyclic amines) is 1. The summed E-state index contributed by atoms with van der Waals surface area (Å²) in [6, 6.07) is -3.42. The highest BCUT2D eigenvalue weighted by Gasteiger charge is 2.48. The molecule has 0 aliphatic carbocycles. The van der Waals surface area contributed by atoms with Crippen molar-refractivity contribution in [1.82, 2.24) is 58.1 Å². The third-order valence-electron chi connectivity index (χ3n) is 20.0. The van der Waals surface area contributed by atoms with Crippen LogP contribution in [0.1, 0.15) is 188 Å². The minimum atomic E-state index is -1.59. The van der Waals surface area contributed by atoms with Crippen LogP contribution >= 0.6 is 0 Å². The van der Waals surface area contributed by atoms with Crippen molar-refractivity contribution in [2.75, 3.05) is 125 Å². The Bertz CT molecular complexity index is 2820. The lowest BCUT2D eigenvalue weighted by Gasteiger charge is -2.42. The van der Waals surface area contributed by atoms with Gasteiger partial charge >= 0.3 is 6.09 Å². The van der Waals surface area contributed by atoms with Gasteiger partial charge in [0.2, 0.25) is 59.1 Å². The third-order valence-corrected chi connectivity index (χ3v) is 20.0. The van der Waals surface area contributed by atoms with Crippen molar-refractivity contribution in [2.24, 2.45) is 0 Å². The first-order chi connectivity index (χ1) is 56.2. The number of rotatable bonds is 61. The fraction of sp³-hybridized carbons (Fsp3) is 0.855. The summed E-state index contributed by atoms with van der Waals surface area (Å²) >= 11 is 0. The van der Waals surface area contributed by atoms with Crippen LogP contribution in [0.2, 0.25) is 0 Å². The van der Waals surface area contributed by atoms with Crippen LogP contribution in [0.15, 0.2) is 0 Å². The molecular weight excluding hydrogens is 1550 g/mol. The third kappa shape index (κ3) is 40.9. The standard InChI is InChI=1S/C76H135N11O30/c1-49(92)83-63-69(105)66(102)53(43-89)115-72(63)111-37-15-12-23-56(95)77-30-19-32-80-59(98)28-40-109-46-76(86-61(100)26-10-8-6-4-5-7-9-11-27-62(101)87-36-18-22-52(87)42-88,48-114-75(108)82-35-21-34-79-58(97)25-14-17-39-113-74-65(85-51(3)94)71(107)68(104)55(45-91)117-74)47-110-41-29-60(99)81-33-20-31-78-57(96)24-13-16-38-112-73-64(84-50(2)93)70(106)67(103)54(44-90)116-73/h52-55,63-74,88-91,102-107H,4-48H2,1-3H3,(H,77,95)(H,78,96)(H,79,97)(H,80,98)(H,81,99)(H,82,108)(H,83,92)(H,84,93)(H,85,94)(H,86,100)/t52-,53?,54?,55?,63?,64?,65?,66?,67?,68?,69?,70?,71?,72?,73?,74?,76?/m0/s1. The first-order valence-corrected chi connectivity index (χ1v) is 41.3. The Morgan fingerprint density at radius 3 is 1.04 bits per heavy atom. The summed E-state index contributed by atoms with van der Waals surface area (Å²) in [5.74, 6) is -3.49. The van der Waals surface area contributed by atoms with E-state index in [1.165, 1.54) is 20.8 Å². The van der Waals surface area contributed by atoms with E-state index in [-0.39, 0.29) is 167 Å². The van der Waals surface area contributed by atoms with Gasteiger partial charge in [0.25, 0.3) is 0 Å². The van der Waals surface area contributed by atoms with Crippen LogP contribution in [0.4, 0.5) is 4.79 Å². The number of hydrogen-bond donors (Lipinski definition) is 20. The Labute approximate surface area is 683 Å². The Hall–Kier alpha value is -6.75. The first-order valence-electron chi connectivity index (χ1n) is 41.3. The zero-order chi connectivity index (χ0) is 85.9. The SMILES string of the molecule is CC(=O)NC1C(OCCCCC(=O)NCCCNC(=O)CCOCC(COCCC(=O)NCCCNC(=O)CCCCOC2OC(CO)C(O)C(O)C2NC(C)=O)(COC(=O)NCCCNC(=O)CCCCOC2OC(CO)C(O)C(O)C2NC(C)=O)NC(=O)CCCCCCCCCCC(=O)N2CCC[C@H]2CO)OC(CO)C(O)C1O. The highest BCUT2D eigenvalue weighted by molar-refractivity contribution is 5.79. The van der Waals surface area contributed by atoms with E-state index in [9.17, 15) is 104 Å². The highest BCUT2D eigenvalue weighted by atomic mass is 16.7. The van der Waals surface area contributed by atoms with E-state index < -0.39 is 165 Å². The molecule has 0 aromatic heterocycles. The minimum absolute atomic E-state index is 0.0314. The molecule has 4 saturated heterocycles. The molecule has 0 bridgehead atoms. The topological polar surface area (TPSA) is 597 Å². The molecule has 41 heteroatoms. The molecule has 4 rings (SSSR count). The Morgan fingerprint density at radius 2 is 0.692 bits per heavy atom. The van der Waals surface area contributed by atoms with Crippen LogP contribution in [0.3, 0.4) is 0 Å². The predicted molar refractivity (Wildman–Crippen MR) is 413 cm³/mol. The number of aliphatic hydroxyl groups is 10. The van der Waals surface area contributed by atoms with Gasteiger partial charge in [-0.05, 0) is 83.5 Å². The van der Waals surface area contributed by atoms with Crippen molar-refractivity contribution in [3.63, 3.8) is 0 Å². The molecule has 41 nitrogen and oxygen atoms in total. The highest BCUT2D eigenvalue weighted by Crippen LogP contribution is 2.27. The van der Waals surface area contributed by atoms with Crippen LogP contribution in [0.5, 0.6) is 0 Å². The molecule has 4 fully saturated rings. The number of carbonyl (C=O) groups is 11. The van der Waals surface area contributed by atoms with Crippen molar-refractivity contribution in [3.8, 4) is 0 Å². The van der Waals surface area contributed by atoms with Crippen LogP contribution in [0, 0.1) is 0 Å². The second-order valence-corrected chi connectivity index (χ2v) is 29.9. The summed E-state index contributed by atoms with van der Waals surface area (Å²) in [6.07, 6.45) is -4.64. The molecule has 4 aliphatic heterocycles. The number of nitrogens with one attached hydrogen (secondary N) is 10. The second kappa shape index (κ2) is 59.0. The number of ether oxygens (including phenoxy) is 9. The Balaban J connectivity index is 1.30. The number of amides is 11. The second-order valence-electron chi connectivity index (χ2n) is 29.9. The van der Waals surface area contributed by atoms with E-state index in [1.54, 1.807) is 4.90 Å². The normalized spacial score (nSPS) is 24.9. The molecule has 0 radical (unpaired) electrons. The first kappa shape index (κ1) is 103. The van der Waals surface area contributed by atoms with E-state index in [0.29, 0.717) is 77.2 Å². The summed E-state index contributed by atoms with van der Waals surface area (Å²) in [6.45, 7) is 2.14. The lowest BCUT2D eigenvalue weighted by Crippen LogP contribution is -2.64. The van der Waals surface area contributed by atoms with Gasteiger partial charge in [0, 0.05) is 131 Å². The molecule has 15 unspecified atom stereocenters. The predicted octanol–water partition coefficient (Wildman–Crippen LogP) is -4.59. The zero-order valence-corrected chi connectivity index (χ0v) is 68.1. The van der Waals surface area contributed by atoms with Gasteiger partial charge in [-0.1, -0.05) is 38.5 Å². The van der Waals surface area contributed by atoms with E-state index in [2.05, 4.69) is 53.2 Å². The molecule has 117 heavy (non-hydrogen) atoms. The molecule has 0 spiro atoms. The molecule has 674 valence electrons. The maximum Gasteiger partial charge on any atom is 0.407 e. The maximum atomic E-state index is 14.0. The maximum absolute atomic E-state index is 14.0. The van der Waals surface area contributed by atoms with Gasteiger partial charge in [0.15, 0.2) is 18.9 Å². The minimum Gasteiger partial charge on any atom is -0.447 e. The van der Waals surface area contributed by atoms with E-state index in [0.717, 1.165) is 51.4 Å². The molecule has 0 aromatic rings. The van der Waals surface area contributed by atoms with Gasteiger partial charge in [-0.2, -0.15) is 0 Å². The quantitative estimate of drug-likeness (QED) is 0.0255. The van der Waals surface area contributed by atoms with Gasteiger partial charge in [0.05, 0.1) is 58.9 Å². The lowest BCUT2D eigenvalue weighted by molar-refractivity contribution is -0.270. The van der Waals surface area contributed by atoms with Crippen LogP contribution in [-0.4, -0.2) is 350 Å². The molecule has 0 saturated carbocycles. The smallest absolute Gasteiger partial charge is 0.407 e. The summed E-state index contributed by atoms with van der Waals surface area (Å²) in [7, 11) is 0. The van der Waals surface area contributed by atoms with E-state index >= 15 is 0 Å². The van der Waals surface area contributed by atoms with Crippen molar-refractivity contribution >= 4 is 65.2 Å². The molecule has 11 amide bonds. The summed E-state index contributed by atoms with van der Waals surface area (Å²) in [4.78, 5) is 141. The van der Waals surface area contributed by atoms with Crippen LogP contribution in [-0.2, 0) is 90.6 Å². The molecule has 0 aromatic carbocycles. The van der Waals surface area contributed by atoms with Gasteiger partial charge in [-0.15, -0.1) is 0 Å². The van der Waals surface area contributed by atoms with Gasteiger partial charge in [-0.25, -0.2) is 4.79 Å². The number of carbonyl (C=O) groups excluding carboxylic acids is 11. The van der Waals surface area contributed by atoms with Crippen molar-refractivity contribution in [1.29, 1.82) is 0 Å². The molecular formula is C76H135N11O30. The van der Waals surface area contributed by atoms with Crippen molar-refractivity contribution in [2.45, 2.75) is 291 Å². The number of nitrogens with zero attached hydrogens (tertiary/aromatic N) is 1. The van der Waals surface area contributed by atoms with E-state index in [4.69, 9.17) is 42.6 Å². The molecule has 20 N–H and O–H groups in total. The average Bonchev–Trinajstić information content (AvgIpc) is 1.56. The van der Waals surface area contributed by atoms with Crippen LogP contribution in [0.25, 0.3) is 0 Å². The lowest BCUT2D eigenvalue weighted by atomic mass is 9.97. The molecule has 4 heterocycles. The van der Waals surface area contributed by atoms with E-state index in [1.807, 2.05) is 0 Å². The largest absolute Gasteiger partial charge is 0.447 e. The average molecular weight is 1680 g/mol. The fourth-order valence-corrected chi connectivity index (χ4v) is 13.5.